The van der Waals surface area contributed by atoms with Crippen LogP contribution in [0.15, 0.2) is 5.38 Å². The summed E-state index contributed by atoms with van der Waals surface area (Å²) in [6, 6.07) is 0. The van der Waals surface area contributed by atoms with Crippen LogP contribution in [0, 0.1) is 5.92 Å². The molecular weight excluding hydrogens is 220 g/mol. The summed E-state index contributed by atoms with van der Waals surface area (Å²) >= 11 is 1.83. The number of rotatable bonds is 3. The van der Waals surface area contributed by atoms with Gasteiger partial charge in [-0.25, -0.2) is 4.98 Å². The van der Waals surface area contributed by atoms with Crippen molar-refractivity contribution in [3.8, 4) is 0 Å². The van der Waals surface area contributed by atoms with Gasteiger partial charge in [0, 0.05) is 24.3 Å². The van der Waals surface area contributed by atoms with E-state index in [-0.39, 0.29) is 0 Å². The number of nitrogens with one attached hydrogen (secondary N) is 1. The zero-order valence-electron chi connectivity index (χ0n) is 9.45. The molecule has 0 saturated carbocycles. The maximum atomic E-state index is 5.41. The molecule has 3 rings (SSSR count). The highest BCUT2D eigenvalue weighted by molar-refractivity contribution is 7.09. The van der Waals surface area contributed by atoms with Crippen molar-refractivity contribution >= 4 is 11.3 Å². The Morgan fingerprint density at radius 1 is 1.50 bits per heavy atom. The molecule has 2 atom stereocenters. The highest BCUT2D eigenvalue weighted by atomic mass is 32.1. The Balaban J connectivity index is 1.62. The number of ether oxygens (including phenoxy) is 1. The Bertz CT molecular complexity index is 341. The third kappa shape index (κ3) is 2.29. The van der Waals surface area contributed by atoms with Crippen LogP contribution >= 0.6 is 11.3 Å². The molecule has 3 heterocycles. The molecule has 0 bridgehead atoms. The number of hydrogen-bond acceptors (Lipinski definition) is 4. The predicted molar refractivity (Wildman–Crippen MR) is 65.0 cm³/mol. The monoisotopic (exact) mass is 238 g/mol. The van der Waals surface area contributed by atoms with Crippen LogP contribution in [-0.4, -0.2) is 31.3 Å². The van der Waals surface area contributed by atoms with Gasteiger partial charge in [-0.3, -0.25) is 0 Å². The summed E-state index contributed by atoms with van der Waals surface area (Å²) in [5.74, 6) is 1.37. The van der Waals surface area contributed by atoms with Gasteiger partial charge in [0.25, 0.3) is 0 Å². The summed E-state index contributed by atoms with van der Waals surface area (Å²) in [7, 11) is 0. The summed E-state index contributed by atoms with van der Waals surface area (Å²) in [6.07, 6.45) is 3.61. The van der Waals surface area contributed by atoms with E-state index < -0.39 is 0 Å². The van der Waals surface area contributed by atoms with E-state index in [1.807, 2.05) is 11.3 Å². The van der Waals surface area contributed by atoms with Gasteiger partial charge in [-0.2, -0.15) is 0 Å². The van der Waals surface area contributed by atoms with Gasteiger partial charge in [0.05, 0.1) is 17.3 Å². The minimum Gasteiger partial charge on any atom is -0.381 e. The first-order valence-corrected chi connectivity index (χ1v) is 7.02. The van der Waals surface area contributed by atoms with Crippen LogP contribution < -0.4 is 5.32 Å². The minimum atomic E-state index is 0.562. The molecular formula is C12H18N2OS. The van der Waals surface area contributed by atoms with Gasteiger partial charge in [-0.05, 0) is 31.8 Å². The Morgan fingerprint density at radius 2 is 2.50 bits per heavy atom. The fraction of sp³-hybridized carbons (Fsp3) is 0.750. The second-order valence-electron chi connectivity index (χ2n) is 4.79. The highest BCUT2D eigenvalue weighted by Gasteiger charge is 2.22. The summed E-state index contributed by atoms with van der Waals surface area (Å²) in [5, 5.41) is 6.96. The molecule has 0 aliphatic carbocycles. The molecule has 1 N–H and O–H groups in total. The van der Waals surface area contributed by atoms with E-state index in [1.54, 1.807) is 0 Å². The van der Waals surface area contributed by atoms with E-state index in [0.717, 1.165) is 32.0 Å². The minimum absolute atomic E-state index is 0.562. The SMILES string of the molecule is c1sc(CC2CCNC2)nc1C1CCOC1. The molecule has 0 amide bonds. The zero-order chi connectivity index (χ0) is 10.8. The van der Waals surface area contributed by atoms with E-state index in [4.69, 9.17) is 9.72 Å². The van der Waals surface area contributed by atoms with Crippen LogP contribution in [0.25, 0.3) is 0 Å². The normalized spacial score (nSPS) is 30.0. The van der Waals surface area contributed by atoms with Crippen molar-refractivity contribution in [3.63, 3.8) is 0 Å². The summed E-state index contributed by atoms with van der Waals surface area (Å²) < 4.78 is 5.41. The van der Waals surface area contributed by atoms with Crippen LogP contribution in [0.3, 0.4) is 0 Å². The predicted octanol–water partition coefficient (Wildman–Crippen LogP) is 1.80. The second-order valence-corrected chi connectivity index (χ2v) is 5.73. The number of nitrogens with zero attached hydrogens (tertiary/aromatic N) is 1. The lowest BCUT2D eigenvalue weighted by Gasteiger charge is -2.05. The van der Waals surface area contributed by atoms with Gasteiger partial charge in [0.15, 0.2) is 0 Å². The lowest BCUT2D eigenvalue weighted by atomic mass is 10.1. The quantitative estimate of drug-likeness (QED) is 0.872. The van der Waals surface area contributed by atoms with Gasteiger partial charge in [-0.15, -0.1) is 11.3 Å². The molecule has 3 nitrogen and oxygen atoms in total. The van der Waals surface area contributed by atoms with Crippen molar-refractivity contribution in [1.29, 1.82) is 0 Å². The molecule has 4 heteroatoms. The number of aromatic nitrogens is 1. The molecule has 0 radical (unpaired) electrons. The summed E-state index contributed by atoms with van der Waals surface area (Å²) in [6.45, 7) is 4.12. The van der Waals surface area contributed by atoms with E-state index >= 15 is 0 Å². The van der Waals surface area contributed by atoms with Crippen molar-refractivity contribution in [3.05, 3.63) is 16.1 Å². The first kappa shape index (κ1) is 10.7. The lowest BCUT2D eigenvalue weighted by molar-refractivity contribution is 0.193. The first-order valence-electron chi connectivity index (χ1n) is 6.14. The van der Waals surface area contributed by atoms with Gasteiger partial charge in [-0.1, -0.05) is 0 Å². The number of hydrogen-bond donors (Lipinski definition) is 1. The third-order valence-corrected chi connectivity index (χ3v) is 4.43. The molecule has 16 heavy (non-hydrogen) atoms. The Hall–Kier alpha value is -0.450. The molecule has 2 saturated heterocycles. The van der Waals surface area contributed by atoms with Crippen molar-refractivity contribution in [2.24, 2.45) is 5.92 Å². The standard InChI is InChI=1S/C12H18N2OS/c1-3-13-6-9(1)5-12-14-11(8-16-12)10-2-4-15-7-10/h8-10,13H,1-7H2. The molecule has 2 aliphatic rings. The molecule has 2 aliphatic heterocycles. The maximum absolute atomic E-state index is 5.41. The van der Waals surface area contributed by atoms with E-state index in [1.165, 1.54) is 30.2 Å². The van der Waals surface area contributed by atoms with Crippen LogP contribution in [-0.2, 0) is 11.2 Å². The molecule has 1 aromatic heterocycles. The van der Waals surface area contributed by atoms with E-state index in [0.29, 0.717) is 5.92 Å². The fourth-order valence-corrected chi connectivity index (χ4v) is 3.50. The Morgan fingerprint density at radius 3 is 3.25 bits per heavy atom. The molecule has 0 spiro atoms. The first-order chi connectivity index (χ1) is 7.92. The largest absolute Gasteiger partial charge is 0.381 e. The topological polar surface area (TPSA) is 34.2 Å². The number of thiazole rings is 1. The molecule has 2 unspecified atom stereocenters. The molecule has 1 aromatic rings. The summed E-state index contributed by atoms with van der Waals surface area (Å²) in [5.41, 5.74) is 1.27. The van der Waals surface area contributed by atoms with Crippen LogP contribution in [0.1, 0.15) is 29.5 Å². The third-order valence-electron chi connectivity index (χ3n) is 3.54. The van der Waals surface area contributed by atoms with Crippen molar-refractivity contribution in [2.75, 3.05) is 26.3 Å². The maximum Gasteiger partial charge on any atom is 0.0931 e. The van der Waals surface area contributed by atoms with Crippen LogP contribution in [0.4, 0.5) is 0 Å². The van der Waals surface area contributed by atoms with E-state index in [2.05, 4.69) is 10.7 Å². The van der Waals surface area contributed by atoms with Gasteiger partial charge < -0.3 is 10.1 Å². The van der Waals surface area contributed by atoms with Crippen LogP contribution in [0.2, 0.25) is 0 Å². The van der Waals surface area contributed by atoms with Gasteiger partial charge >= 0.3 is 0 Å². The van der Waals surface area contributed by atoms with Crippen molar-refractivity contribution < 1.29 is 4.74 Å². The fourth-order valence-electron chi connectivity index (χ4n) is 2.51. The summed E-state index contributed by atoms with van der Waals surface area (Å²) in [4.78, 5) is 4.77. The van der Waals surface area contributed by atoms with Crippen molar-refractivity contribution in [2.45, 2.75) is 25.2 Å². The highest BCUT2D eigenvalue weighted by Crippen LogP contribution is 2.27. The molecule has 2 fully saturated rings. The van der Waals surface area contributed by atoms with Crippen molar-refractivity contribution in [1.82, 2.24) is 10.3 Å². The van der Waals surface area contributed by atoms with Gasteiger partial charge in [0.1, 0.15) is 0 Å². The second kappa shape index (κ2) is 4.82. The zero-order valence-corrected chi connectivity index (χ0v) is 10.3. The Kier molecular flexibility index (Phi) is 3.22. The lowest BCUT2D eigenvalue weighted by Crippen LogP contribution is -2.10. The van der Waals surface area contributed by atoms with Crippen LogP contribution in [0.5, 0.6) is 0 Å². The van der Waals surface area contributed by atoms with E-state index in [9.17, 15) is 0 Å². The average Bonchev–Trinajstić information content (AvgIpc) is 2.99. The molecule has 88 valence electrons. The van der Waals surface area contributed by atoms with Gasteiger partial charge in [0.2, 0.25) is 0 Å². The smallest absolute Gasteiger partial charge is 0.0931 e. The average molecular weight is 238 g/mol. The molecule has 0 aromatic carbocycles. The Labute approximate surface area is 100 Å².